The van der Waals surface area contributed by atoms with Gasteiger partial charge in [-0.05, 0) is 30.9 Å². The fraction of sp³-hybridized carbons (Fsp3) is 0.615. The van der Waals surface area contributed by atoms with E-state index in [4.69, 9.17) is 5.73 Å². The number of ether oxygens (including phenoxy) is 1. The number of carbonyl (C=O) groups is 1. The lowest BCUT2D eigenvalue weighted by Gasteiger charge is -2.04. The summed E-state index contributed by atoms with van der Waals surface area (Å²) >= 11 is 0. The Morgan fingerprint density at radius 3 is 2.69 bits per heavy atom. The van der Waals surface area contributed by atoms with Crippen LogP contribution in [0.5, 0.6) is 0 Å². The highest BCUT2D eigenvalue weighted by atomic mass is 16.5. The number of hydrogen-bond donors (Lipinski definition) is 1. The van der Waals surface area contributed by atoms with E-state index < -0.39 is 0 Å². The maximum absolute atomic E-state index is 10.9. The van der Waals surface area contributed by atoms with Crippen molar-refractivity contribution in [1.82, 2.24) is 0 Å². The van der Waals surface area contributed by atoms with Crippen molar-refractivity contribution >= 4 is 5.97 Å². The Kier molecular flexibility index (Phi) is 7.56. The third-order valence-electron chi connectivity index (χ3n) is 2.55. The molecule has 1 aliphatic rings. The maximum Gasteiger partial charge on any atom is 0.309 e. The van der Waals surface area contributed by atoms with Crippen molar-refractivity contribution in [3.63, 3.8) is 0 Å². The molecule has 0 aromatic rings. The maximum atomic E-state index is 10.9. The molecule has 0 saturated heterocycles. The third-order valence-corrected chi connectivity index (χ3v) is 2.55. The summed E-state index contributed by atoms with van der Waals surface area (Å²) in [5.41, 5.74) is 8.27. The number of allylic oxidation sites excluding steroid dienone is 1. The average Bonchev–Trinajstić information content (AvgIpc) is 2.69. The molecule has 92 valence electrons. The van der Waals surface area contributed by atoms with Crippen molar-refractivity contribution in [2.75, 3.05) is 7.11 Å². The fourth-order valence-corrected chi connectivity index (χ4v) is 1.76. The van der Waals surface area contributed by atoms with Gasteiger partial charge in [0.1, 0.15) is 0 Å². The molecule has 0 amide bonds. The number of esters is 1. The lowest BCUT2D eigenvalue weighted by atomic mass is 10.1. The summed E-state index contributed by atoms with van der Waals surface area (Å²) in [5.74, 6) is -0.201. The first kappa shape index (κ1) is 14.9. The molecule has 1 atom stereocenters. The van der Waals surface area contributed by atoms with E-state index >= 15 is 0 Å². The summed E-state index contributed by atoms with van der Waals surface area (Å²) in [7, 11) is 1.40. The van der Waals surface area contributed by atoms with Crippen molar-refractivity contribution < 1.29 is 9.53 Å². The second-order valence-electron chi connectivity index (χ2n) is 3.40. The third kappa shape index (κ3) is 4.19. The van der Waals surface area contributed by atoms with Gasteiger partial charge in [-0.25, -0.2) is 0 Å². The predicted molar refractivity (Wildman–Crippen MR) is 67.0 cm³/mol. The molecule has 1 unspecified atom stereocenters. The first-order valence-electron chi connectivity index (χ1n) is 5.87. The Hall–Kier alpha value is -1.09. The molecule has 1 rings (SSSR count). The van der Waals surface area contributed by atoms with Crippen LogP contribution in [0.15, 0.2) is 23.3 Å². The molecule has 2 N–H and O–H groups in total. The average molecular weight is 225 g/mol. The summed E-state index contributed by atoms with van der Waals surface area (Å²) in [5, 5.41) is 0. The molecule has 0 bridgehead atoms. The standard InChI is InChI=1S/C11H17NO2.C2H6/c1-3-9-8(4-6-10(9)12)5-7-11(13)14-2;1-2/h3,5,10H,4,6-7,12H2,1-2H3;1-2H3/b8-5-,9-3+;. The minimum atomic E-state index is -0.201. The van der Waals surface area contributed by atoms with Crippen LogP contribution in [0, 0.1) is 0 Å². The molecule has 0 radical (unpaired) electrons. The van der Waals surface area contributed by atoms with Crippen molar-refractivity contribution in [2.45, 2.75) is 46.1 Å². The number of rotatable bonds is 2. The minimum absolute atomic E-state index is 0.142. The van der Waals surface area contributed by atoms with Crippen LogP contribution >= 0.6 is 0 Å². The molecule has 0 aromatic heterocycles. The van der Waals surface area contributed by atoms with Gasteiger partial charge in [0.15, 0.2) is 0 Å². The van der Waals surface area contributed by atoms with E-state index in [0.717, 1.165) is 12.8 Å². The van der Waals surface area contributed by atoms with Gasteiger partial charge in [-0.2, -0.15) is 0 Å². The number of carbonyl (C=O) groups excluding carboxylic acids is 1. The predicted octanol–water partition coefficient (Wildman–Crippen LogP) is 2.57. The summed E-state index contributed by atoms with van der Waals surface area (Å²) in [6, 6.07) is 0.142. The zero-order chi connectivity index (χ0) is 12.6. The summed E-state index contributed by atoms with van der Waals surface area (Å²) in [4.78, 5) is 10.9. The Morgan fingerprint density at radius 2 is 2.19 bits per heavy atom. The van der Waals surface area contributed by atoms with Gasteiger partial charge in [-0.1, -0.05) is 26.0 Å². The van der Waals surface area contributed by atoms with Gasteiger partial charge < -0.3 is 10.5 Å². The van der Waals surface area contributed by atoms with Crippen molar-refractivity contribution in [2.24, 2.45) is 5.73 Å². The lowest BCUT2D eigenvalue weighted by molar-refractivity contribution is -0.139. The highest BCUT2D eigenvalue weighted by Gasteiger charge is 2.20. The fourth-order valence-electron chi connectivity index (χ4n) is 1.76. The minimum Gasteiger partial charge on any atom is -0.469 e. The van der Waals surface area contributed by atoms with E-state index in [0.29, 0.717) is 6.42 Å². The van der Waals surface area contributed by atoms with Crippen LogP contribution in [-0.4, -0.2) is 19.1 Å². The normalized spacial score (nSPS) is 24.2. The SMILES string of the molecule is C/C=C1\C(=C/CC(=O)OC)CCC1N.CC. The van der Waals surface area contributed by atoms with Crippen LogP contribution in [0.2, 0.25) is 0 Å². The Bertz CT molecular complexity index is 280. The smallest absolute Gasteiger partial charge is 0.309 e. The zero-order valence-electron chi connectivity index (χ0n) is 10.7. The van der Waals surface area contributed by atoms with Crippen LogP contribution in [-0.2, 0) is 9.53 Å². The lowest BCUT2D eigenvalue weighted by Crippen LogP contribution is -2.16. The summed E-state index contributed by atoms with van der Waals surface area (Å²) in [6.45, 7) is 5.98. The Labute approximate surface area is 98.4 Å². The van der Waals surface area contributed by atoms with Gasteiger partial charge in [-0.3, -0.25) is 4.79 Å². The van der Waals surface area contributed by atoms with Crippen LogP contribution in [0.25, 0.3) is 0 Å². The van der Waals surface area contributed by atoms with Crippen LogP contribution in [0.1, 0.15) is 40.0 Å². The van der Waals surface area contributed by atoms with E-state index in [1.54, 1.807) is 0 Å². The largest absolute Gasteiger partial charge is 0.469 e. The molecule has 0 heterocycles. The zero-order valence-corrected chi connectivity index (χ0v) is 10.7. The molecule has 0 spiro atoms. The highest BCUT2D eigenvalue weighted by molar-refractivity contribution is 5.71. The molecule has 1 aliphatic carbocycles. The number of hydrogen-bond acceptors (Lipinski definition) is 3. The molecule has 0 aliphatic heterocycles. The highest BCUT2D eigenvalue weighted by Crippen LogP contribution is 2.29. The second kappa shape index (κ2) is 8.11. The van der Waals surface area contributed by atoms with Crippen molar-refractivity contribution in [3.05, 3.63) is 23.3 Å². The molecule has 1 fully saturated rings. The topological polar surface area (TPSA) is 52.3 Å². The Balaban J connectivity index is 0.00000106. The molecular formula is C13H23NO2. The molecule has 16 heavy (non-hydrogen) atoms. The first-order chi connectivity index (χ1) is 7.69. The van der Waals surface area contributed by atoms with E-state index in [1.807, 2.05) is 32.9 Å². The van der Waals surface area contributed by atoms with Gasteiger partial charge in [0.05, 0.1) is 13.5 Å². The van der Waals surface area contributed by atoms with E-state index in [1.165, 1.54) is 18.3 Å². The van der Waals surface area contributed by atoms with Crippen LogP contribution < -0.4 is 5.73 Å². The Morgan fingerprint density at radius 1 is 1.56 bits per heavy atom. The van der Waals surface area contributed by atoms with Crippen molar-refractivity contribution in [1.29, 1.82) is 0 Å². The van der Waals surface area contributed by atoms with Gasteiger partial charge in [-0.15, -0.1) is 0 Å². The van der Waals surface area contributed by atoms with E-state index in [2.05, 4.69) is 4.74 Å². The molecule has 0 aromatic carbocycles. The quantitative estimate of drug-likeness (QED) is 0.735. The van der Waals surface area contributed by atoms with E-state index in [9.17, 15) is 4.79 Å². The van der Waals surface area contributed by atoms with Gasteiger partial charge in [0.25, 0.3) is 0 Å². The molecule has 3 heteroatoms. The van der Waals surface area contributed by atoms with Crippen LogP contribution in [0.4, 0.5) is 0 Å². The van der Waals surface area contributed by atoms with Gasteiger partial charge in [0.2, 0.25) is 0 Å². The molecular weight excluding hydrogens is 202 g/mol. The monoisotopic (exact) mass is 225 g/mol. The van der Waals surface area contributed by atoms with E-state index in [-0.39, 0.29) is 12.0 Å². The summed E-state index contributed by atoms with van der Waals surface area (Å²) in [6.07, 6.45) is 6.25. The molecule has 1 saturated carbocycles. The van der Waals surface area contributed by atoms with Gasteiger partial charge in [0, 0.05) is 6.04 Å². The number of nitrogens with two attached hydrogens (primary N) is 1. The van der Waals surface area contributed by atoms with Crippen LogP contribution in [0.3, 0.4) is 0 Å². The number of methoxy groups -OCH3 is 1. The first-order valence-corrected chi connectivity index (χ1v) is 5.87. The molecule has 3 nitrogen and oxygen atoms in total. The van der Waals surface area contributed by atoms with Crippen molar-refractivity contribution in [3.8, 4) is 0 Å². The van der Waals surface area contributed by atoms with Gasteiger partial charge >= 0.3 is 5.97 Å². The summed E-state index contributed by atoms with van der Waals surface area (Å²) < 4.78 is 4.57. The second-order valence-corrected chi connectivity index (χ2v) is 3.40.